The van der Waals surface area contributed by atoms with Crippen LogP contribution < -0.4 is 5.09 Å². The van der Waals surface area contributed by atoms with Crippen molar-refractivity contribution < 1.29 is 4.79 Å². The van der Waals surface area contributed by atoms with Gasteiger partial charge in [-0.25, -0.2) is 0 Å². The van der Waals surface area contributed by atoms with Crippen LogP contribution in [-0.4, -0.2) is 17.0 Å². The maximum absolute atomic E-state index is 10.2. The maximum atomic E-state index is 10.2. The third-order valence-electron chi connectivity index (χ3n) is 0.658. The van der Waals surface area contributed by atoms with E-state index >= 15 is 0 Å². The summed E-state index contributed by atoms with van der Waals surface area (Å²) in [4.78, 5) is 10.2. The normalized spacial score (nSPS) is 13.4. The average Bonchev–Trinajstić information content (AvgIpc) is 1.69. The Balaban J connectivity index is 3.52. The standard InChI is InChI=1S/C3H7ClNOPS/c4-3(6)2(1-8)5-7/h2,5,8H,1,7H2/t2-/m0/s1. The van der Waals surface area contributed by atoms with Crippen molar-refractivity contribution in [3.63, 3.8) is 0 Å². The molecule has 5 heteroatoms. The first-order valence-corrected chi connectivity index (χ1v) is 3.57. The summed E-state index contributed by atoms with van der Waals surface area (Å²) < 4.78 is 0. The molecule has 0 amide bonds. The summed E-state index contributed by atoms with van der Waals surface area (Å²) in [6.45, 7) is 0. The fraction of sp³-hybridized carbons (Fsp3) is 0.667. The summed E-state index contributed by atoms with van der Waals surface area (Å²) in [7, 11) is 2.20. The first-order chi connectivity index (χ1) is 3.72. The summed E-state index contributed by atoms with van der Waals surface area (Å²) >= 11 is 8.93. The summed E-state index contributed by atoms with van der Waals surface area (Å²) in [6.07, 6.45) is 0. The average molecular weight is 172 g/mol. The molecule has 8 heavy (non-hydrogen) atoms. The molecular weight excluding hydrogens is 165 g/mol. The van der Waals surface area contributed by atoms with Crippen LogP contribution in [0.4, 0.5) is 0 Å². The molecular formula is C3H7ClNOPS. The minimum atomic E-state index is -0.407. The topological polar surface area (TPSA) is 29.1 Å². The Hall–Kier alpha value is 0.700. The van der Waals surface area contributed by atoms with Gasteiger partial charge in [0, 0.05) is 5.75 Å². The molecule has 0 spiro atoms. The SMILES string of the molecule is O=C(Cl)[C@H](CS)NP. The number of rotatable bonds is 3. The monoisotopic (exact) mass is 171 g/mol. The second-order valence-electron chi connectivity index (χ2n) is 1.21. The highest BCUT2D eigenvalue weighted by molar-refractivity contribution is 7.80. The fourth-order valence-corrected chi connectivity index (χ4v) is 1.28. The van der Waals surface area contributed by atoms with Crippen molar-refractivity contribution in [3.05, 3.63) is 0 Å². The number of carbonyl (C=O) groups is 1. The lowest BCUT2D eigenvalue weighted by molar-refractivity contribution is -0.112. The highest BCUT2D eigenvalue weighted by atomic mass is 35.5. The molecule has 1 unspecified atom stereocenters. The zero-order chi connectivity index (χ0) is 6.57. The number of hydrogen-bond donors (Lipinski definition) is 2. The van der Waals surface area contributed by atoms with Crippen LogP contribution in [0.25, 0.3) is 0 Å². The lowest BCUT2D eigenvalue weighted by Crippen LogP contribution is -2.28. The highest BCUT2D eigenvalue weighted by Gasteiger charge is 2.09. The minimum Gasteiger partial charge on any atom is -0.289 e. The molecule has 0 aromatic rings. The molecule has 0 heterocycles. The van der Waals surface area contributed by atoms with Crippen molar-refractivity contribution in [2.75, 3.05) is 5.75 Å². The first-order valence-electron chi connectivity index (χ1n) is 1.98. The van der Waals surface area contributed by atoms with Crippen LogP contribution in [0.1, 0.15) is 0 Å². The Bertz CT molecular complexity index is 87.4. The molecule has 0 saturated carbocycles. The van der Waals surface area contributed by atoms with Gasteiger partial charge in [-0.3, -0.25) is 9.88 Å². The van der Waals surface area contributed by atoms with E-state index in [9.17, 15) is 4.79 Å². The second kappa shape index (κ2) is 4.57. The number of nitrogens with one attached hydrogen (secondary N) is 1. The molecule has 0 saturated heterocycles. The number of thiol groups is 1. The van der Waals surface area contributed by atoms with Crippen molar-refractivity contribution in [3.8, 4) is 0 Å². The second-order valence-corrected chi connectivity index (χ2v) is 2.28. The van der Waals surface area contributed by atoms with Crippen LogP contribution >= 0.6 is 33.6 Å². The van der Waals surface area contributed by atoms with Gasteiger partial charge in [-0.05, 0) is 11.6 Å². The summed E-state index contributed by atoms with van der Waals surface area (Å²) in [5.41, 5.74) is 0. The fourth-order valence-electron chi connectivity index (χ4n) is 0.190. The number of carbonyl (C=O) groups excluding carboxylic acids is 1. The predicted octanol–water partition coefficient (Wildman–Crippen LogP) is 0.430. The van der Waals surface area contributed by atoms with Gasteiger partial charge in [-0.2, -0.15) is 12.6 Å². The van der Waals surface area contributed by atoms with Crippen LogP contribution in [0.2, 0.25) is 0 Å². The van der Waals surface area contributed by atoms with Gasteiger partial charge < -0.3 is 0 Å². The van der Waals surface area contributed by atoms with E-state index in [2.05, 4.69) is 27.1 Å². The van der Waals surface area contributed by atoms with Gasteiger partial charge in [-0.15, -0.1) is 0 Å². The van der Waals surface area contributed by atoms with Crippen molar-refractivity contribution in [2.45, 2.75) is 6.04 Å². The lowest BCUT2D eigenvalue weighted by Gasteiger charge is -2.04. The largest absolute Gasteiger partial charge is 0.289 e. The van der Waals surface area contributed by atoms with Gasteiger partial charge in [0.1, 0.15) is 0 Å². The third-order valence-corrected chi connectivity index (χ3v) is 1.69. The van der Waals surface area contributed by atoms with Crippen LogP contribution in [0, 0.1) is 0 Å². The van der Waals surface area contributed by atoms with Gasteiger partial charge in [-0.1, -0.05) is 9.39 Å². The van der Waals surface area contributed by atoms with Gasteiger partial charge in [0.2, 0.25) is 5.24 Å². The molecule has 0 aliphatic heterocycles. The molecule has 1 N–H and O–H groups in total. The smallest absolute Gasteiger partial charge is 0.239 e. The van der Waals surface area contributed by atoms with Gasteiger partial charge in [0.15, 0.2) is 0 Å². The van der Waals surface area contributed by atoms with Crippen molar-refractivity contribution in [1.29, 1.82) is 0 Å². The Morgan fingerprint density at radius 2 is 2.50 bits per heavy atom. The van der Waals surface area contributed by atoms with Crippen molar-refractivity contribution in [2.24, 2.45) is 0 Å². The van der Waals surface area contributed by atoms with Crippen LogP contribution in [-0.2, 0) is 4.79 Å². The molecule has 0 aromatic carbocycles. The lowest BCUT2D eigenvalue weighted by atomic mass is 10.4. The van der Waals surface area contributed by atoms with E-state index in [0.717, 1.165) is 0 Å². The van der Waals surface area contributed by atoms with E-state index in [1.807, 2.05) is 0 Å². The zero-order valence-corrected chi connectivity index (χ0v) is 6.90. The van der Waals surface area contributed by atoms with Crippen LogP contribution in [0.15, 0.2) is 0 Å². The van der Waals surface area contributed by atoms with E-state index in [1.165, 1.54) is 0 Å². The Morgan fingerprint density at radius 1 is 2.00 bits per heavy atom. The number of hydrogen-bond acceptors (Lipinski definition) is 3. The highest BCUT2D eigenvalue weighted by Crippen LogP contribution is 1.95. The molecule has 2 atom stereocenters. The van der Waals surface area contributed by atoms with Gasteiger partial charge >= 0.3 is 0 Å². The molecule has 2 nitrogen and oxygen atoms in total. The van der Waals surface area contributed by atoms with Gasteiger partial charge in [0.25, 0.3) is 0 Å². The van der Waals surface area contributed by atoms with Crippen LogP contribution in [0.5, 0.6) is 0 Å². The van der Waals surface area contributed by atoms with E-state index in [4.69, 9.17) is 11.6 Å². The van der Waals surface area contributed by atoms with E-state index < -0.39 is 5.24 Å². The van der Waals surface area contributed by atoms with E-state index in [0.29, 0.717) is 5.75 Å². The van der Waals surface area contributed by atoms with Gasteiger partial charge in [0.05, 0.1) is 6.04 Å². The number of halogens is 1. The quantitative estimate of drug-likeness (QED) is 0.366. The summed E-state index contributed by atoms with van der Waals surface area (Å²) in [6, 6.07) is -0.343. The Labute approximate surface area is 61.0 Å². The van der Waals surface area contributed by atoms with Crippen molar-refractivity contribution in [1.82, 2.24) is 5.09 Å². The Morgan fingerprint density at radius 3 is 2.50 bits per heavy atom. The molecule has 0 aliphatic carbocycles. The molecule has 0 fully saturated rings. The molecule has 48 valence electrons. The molecule has 0 rings (SSSR count). The molecule has 0 aliphatic rings. The van der Waals surface area contributed by atoms with Crippen molar-refractivity contribution >= 4 is 38.9 Å². The predicted molar refractivity (Wildman–Crippen MR) is 41.3 cm³/mol. The summed E-state index contributed by atoms with van der Waals surface area (Å²) in [5.74, 6) is 0.422. The summed E-state index contributed by atoms with van der Waals surface area (Å²) in [5, 5.41) is 2.20. The Kier molecular flexibility index (Phi) is 4.97. The molecule has 0 bridgehead atoms. The van der Waals surface area contributed by atoms with E-state index in [-0.39, 0.29) is 6.04 Å². The zero-order valence-electron chi connectivity index (χ0n) is 4.10. The molecule has 0 aromatic heterocycles. The minimum absolute atomic E-state index is 0.343. The van der Waals surface area contributed by atoms with Crippen LogP contribution in [0.3, 0.4) is 0 Å². The first kappa shape index (κ1) is 8.70. The third kappa shape index (κ3) is 2.88. The van der Waals surface area contributed by atoms with E-state index in [1.54, 1.807) is 0 Å². The maximum Gasteiger partial charge on any atom is 0.239 e. The molecule has 0 radical (unpaired) electrons.